The van der Waals surface area contributed by atoms with Crippen LogP contribution in [-0.4, -0.2) is 33.3 Å². The molecule has 6 nitrogen and oxygen atoms in total. The van der Waals surface area contributed by atoms with Gasteiger partial charge in [0.25, 0.3) is 0 Å². The number of aliphatic carboxylic acids is 1. The van der Waals surface area contributed by atoms with Crippen LogP contribution in [0.4, 0.5) is 8.78 Å². The van der Waals surface area contributed by atoms with Crippen LogP contribution in [0.1, 0.15) is 43.8 Å². The zero-order chi connectivity index (χ0) is 17.7. The lowest BCUT2D eigenvalue weighted by molar-refractivity contribution is -0.142. The molecule has 1 unspecified atom stereocenters. The first-order valence-corrected chi connectivity index (χ1v) is 7.45. The minimum absolute atomic E-state index is 0.0213. The van der Waals surface area contributed by atoms with Gasteiger partial charge in [-0.1, -0.05) is 13.8 Å². The summed E-state index contributed by atoms with van der Waals surface area (Å²) >= 11 is 0. The summed E-state index contributed by atoms with van der Waals surface area (Å²) < 4.78 is 26.1. The Morgan fingerprint density at radius 1 is 1.30 bits per heavy atom. The summed E-state index contributed by atoms with van der Waals surface area (Å²) in [6.45, 7) is 4.12. The summed E-state index contributed by atoms with van der Waals surface area (Å²) in [5.74, 6) is -1.83. The van der Waals surface area contributed by atoms with Gasteiger partial charge in [-0.3, -0.25) is 9.59 Å². The minimum atomic E-state index is -2.76. The Morgan fingerprint density at radius 3 is 2.35 bits per heavy atom. The van der Waals surface area contributed by atoms with Crippen molar-refractivity contribution in [2.45, 2.75) is 47.1 Å². The van der Waals surface area contributed by atoms with Gasteiger partial charge in [0.1, 0.15) is 0 Å². The van der Waals surface area contributed by atoms with Crippen molar-refractivity contribution in [1.29, 1.82) is 0 Å². The van der Waals surface area contributed by atoms with Crippen molar-refractivity contribution < 1.29 is 23.5 Å². The van der Waals surface area contributed by atoms with E-state index in [9.17, 15) is 18.4 Å². The molecule has 0 saturated carbocycles. The van der Waals surface area contributed by atoms with Gasteiger partial charge in [0, 0.05) is 17.8 Å². The highest BCUT2D eigenvalue weighted by atomic mass is 19.3. The first kappa shape index (κ1) is 19.1. The number of nitrogens with zero attached hydrogens (tertiary/aromatic N) is 2. The third kappa shape index (κ3) is 5.30. The summed E-state index contributed by atoms with van der Waals surface area (Å²) in [7, 11) is 0. The van der Waals surface area contributed by atoms with E-state index in [-0.39, 0.29) is 24.6 Å². The van der Waals surface area contributed by atoms with Crippen LogP contribution in [0.5, 0.6) is 0 Å². The number of aryl methyl sites for hydroxylation is 1. The average Bonchev–Trinajstić information content (AvgIpc) is 2.71. The molecule has 2 N–H and O–H groups in total. The van der Waals surface area contributed by atoms with Crippen molar-refractivity contribution >= 4 is 11.9 Å². The molecule has 0 fully saturated rings. The van der Waals surface area contributed by atoms with Crippen molar-refractivity contribution in [3.8, 4) is 0 Å². The highest BCUT2D eigenvalue weighted by Crippen LogP contribution is 2.19. The first-order chi connectivity index (χ1) is 10.6. The van der Waals surface area contributed by atoms with Gasteiger partial charge in [0.15, 0.2) is 0 Å². The molecular formula is C15H23F2N3O3. The number of alkyl halides is 2. The zero-order valence-electron chi connectivity index (χ0n) is 13.8. The van der Waals surface area contributed by atoms with Crippen molar-refractivity contribution in [2.24, 2.45) is 11.8 Å². The van der Waals surface area contributed by atoms with E-state index in [1.54, 1.807) is 6.92 Å². The molecule has 0 radical (unpaired) electrons. The van der Waals surface area contributed by atoms with Gasteiger partial charge < -0.3 is 10.4 Å². The van der Waals surface area contributed by atoms with E-state index in [0.717, 1.165) is 0 Å². The number of carbonyl (C=O) groups is 2. The second kappa shape index (κ2) is 8.03. The molecule has 130 valence electrons. The van der Waals surface area contributed by atoms with E-state index in [1.807, 2.05) is 13.8 Å². The fourth-order valence-corrected chi connectivity index (χ4v) is 2.44. The first-order valence-electron chi connectivity index (χ1n) is 7.45. The normalized spacial score (nSPS) is 12.7. The maximum atomic E-state index is 12.8. The number of nitrogens with one attached hydrogen (secondary N) is 1. The smallest absolute Gasteiger partial charge is 0.333 e. The van der Waals surface area contributed by atoms with Gasteiger partial charge in [-0.2, -0.15) is 13.9 Å². The fourth-order valence-electron chi connectivity index (χ4n) is 2.44. The number of amides is 1. The lowest BCUT2D eigenvalue weighted by atomic mass is 9.97. The van der Waals surface area contributed by atoms with Gasteiger partial charge in [-0.15, -0.1) is 0 Å². The maximum Gasteiger partial charge on any atom is 0.333 e. The summed E-state index contributed by atoms with van der Waals surface area (Å²) in [6, 6.07) is 0. The molecule has 0 aliphatic heterocycles. The summed E-state index contributed by atoms with van der Waals surface area (Å²) in [5.41, 5.74) is 1.05. The molecule has 1 rings (SSSR count). The predicted octanol–water partition coefficient (Wildman–Crippen LogP) is 2.30. The van der Waals surface area contributed by atoms with Crippen LogP contribution in [0, 0.1) is 25.7 Å². The van der Waals surface area contributed by atoms with Crippen LogP contribution < -0.4 is 5.32 Å². The number of hydrogen-bond acceptors (Lipinski definition) is 3. The highest BCUT2D eigenvalue weighted by Gasteiger charge is 2.22. The monoisotopic (exact) mass is 331 g/mol. The molecule has 1 aromatic rings. The summed E-state index contributed by atoms with van der Waals surface area (Å²) in [6.07, 6.45) is 0.357. The molecule has 1 aromatic heterocycles. The zero-order valence-corrected chi connectivity index (χ0v) is 13.8. The number of rotatable bonds is 8. The minimum Gasteiger partial charge on any atom is -0.481 e. The van der Waals surface area contributed by atoms with Crippen LogP contribution in [0.15, 0.2) is 0 Å². The molecule has 8 heteroatoms. The molecule has 1 amide bonds. The van der Waals surface area contributed by atoms with Gasteiger partial charge in [-0.25, -0.2) is 4.68 Å². The lowest BCUT2D eigenvalue weighted by Gasteiger charge is -2.15. The average molecular weight is 331 g/mol. The quantitative estimate of drug-likeness (QED) is 0.765. The third-order valence-corrected chi connectivity index (χ3v) is 3.65. The van der Waals surface area contributed by atoms with Crippen LogP contribution in [0.25, 0.3) is 0 Å². The number of halogens is 2. The van der Waals surface area contributed by atoms with Crippen molar-refractivity contribution in [3.05, 3.63) is 17.0 Å². The Labute approximate surface area is 133 Å². The molecule has 0 aliphatic rings. The maximum absolute atomic E-state index is 12.8. The van der Waals surface area contributed by atoms with Gasteiger partial charge in [-0.05, 0) is 26.2 Å². The topological polar surface area (TPSA) is 84.2 Å². The Balaban J connectivity index is 2.68. The van der Waals surface area contributed by atoms with E-state index < -0.39 is 24.3 Å². The van der Waals surface area contributed by atoms with E-state index in [1.165, 1.54) is 6.92 Å². The van der Waals surface area contributed by atoms with E-state index in [2.05, 4.69) is 10.4 Å². The Hall–Kier alpha value is -1.99. The molecule has 0 aromatic carbocycles. The van der Waals surface area contributed by atoms with E-state index in [0.29, 0.717) is 22.4 Å². The Morgan fingerprint density at radius 2 is 1.91 bits per heavy atom. The van der Waals surface area contributed by atoms with Crippen LogP contribution in [0.2, 0.25) is 0 Å². The van der Waals surface area contributed by atoms with Crippen LogP contribution >= 0.6 is 0 Å². The van der Waals surface area contributed by atoms with Gasteiger partial charge >= 0.3 is 12.5 Å². The molecular weight excluding hydrogens is 308 g/mol. The molecule has 23 heavy (non-hydrogen) atoms. The standard InChI is InChI=1S/C15H23F2N3O3/c1-8(2)5-11(14(22)23)7-18-13(21)6-12-9(3)19-20(10(12)4)15(16)17/h8,11,15H,5-7H2,1-4H3,(H,18,21)(H,22,23). The van der Waals surface area contributed by atoms with E-state index >= 15 is 0 Å². The number of aromatic nitrogens is 2. The predicted molar refractivity (Wildman–Crippen MR) is 80.2 cm³/mol. The lowest BCUT2D eigenvalue weighted by Crippen LogP contribution is -2.34. The second-order valence-electron chi connectivity index (χ2n) is 6.02. The van der Waals surface area contributed by atoms with Crippen LogP contribution in [-0.2, 0) is 16.0 Å². The summed E-state index contributed by atoms with van der Waals surface area (Å²) in [5, 5.41) is 15.4. The van der Waals surface area contributed by atoms with Crippen molar-refractivity contribution in [3.63, 3.8) is 0 Å². The Kier molecular flexibility index (Phi) is 6.65. The highest BCUT2D eigenvalue weighted by molar-refractivity contribution is 5.80. The molecule has 1 heterocycles. The SMILES string of the molecule is Cc1nn(C(F)F)c(C)c1CC(=O)NCC(CC(C)C)C(=O)O. The van der Waals surface area contributed by atoms with E-state index in [4.69, 9.17) is 5.11 Å². The van der Waals surface area contributed by atoms with Crippen molar-refractivity contribution in [1.82, 2.24) is 15.1 Å². The number of carboxylic acids is 1. The molecule has 0 aliphatic carbocycles. The Bertz CT molecular complexity index is 571. The largest absolute Gasteiger partial charge is 0.481 e. The van der Waals surface area contributed by atoms with Crippen molar-refractivity contribution in [2.75, 3.05) is 6.54 Å². The fraction of sp³-hybridized carbons (Fsp3) is 0.667. The molecule has 0 saturated heterocycles. The number of carboxylic acid groups (broad SMARTS) is 1. The van der Waals surface area contributed by atoms with Gasteiger partial charge in [0.2, 0.25) is 5.91 Å². The molecule has 0 bridgehead atoms. The number of hydrogen-bond donors (Lipinski definition) is 2. The third-order valence-electron chi connectivity index (χ3n) is 3.65. The molecule has 1 atom stereocenters. The number of carbonyl (C=O) groups excluding carboxylic acids is 1. The van der Waals surface area contributed by atoms with Gasteiger partial charge in [0.05, 0.1) is 18.0 Å². The second-order valence-corrected chi connectivity index (χ2v) is 6.02. The van der Waals surface area contributed by atoms with Crippen LogP contribution in [0.3, 0.4) is 0 Å². The molecule has 0 spiro atoms. The summed E-state index contributed by atoms with van der Waals surface area (Å²) in [4.78, 5) is 23.1.